The standard InChI is InChI=1S/C58H37NO/c1-4-15-47-39(11-1)14-9-19-49(47)42-27-33-46(34-28-42)59(45-31-25-38(26-32-45)43-30-35-50-44(37-43)24-23-40-12-2-5-16-48(40)50)56-22-8-7-18-52(56)53-20-10-21-54-55-36-29-41-13-3-6-17-51(41)57(55)60-58(53)54/h1-37H/i25D,26D,27D,28D,31D,32D,33D,34D. The molecule has 11 aromatic carbocycles. The number of nitrogens with zero attached hydrogens (tertiary/aromatic N) is 1. The van der Waals surface area contributed by atoms with Crippen LogP contribution in [0.25, 0.3) is 98.4 Å². The van der Waals surface area contributed by atoms with Crippen molar-refractivity contribution in [2.24, 2.45) is 0 Å². The molecule has 0 bridgehead atoms. The Hall–Kier alpha value is -7.94. The third kappa shape index (κ3) is 5.57. The van der Waals surface area contributed by atoms with Crippen molar-refractivity contribution in [2.75, 3.05) is 4.90 Å². The largest absolute Gasteiger partial charge is 0.455 e. The van der Waals surface area contributed by atoms with Gasteiger partial charge >= 0.3 is 0 Å². The number of furan rings is 1. The molecule has 2 nitrogen and oxygen atoms in total. The summed E-state index contributed by atoms with van der Waals surface area (Å²) in [6, 6.07) is 53.0. The Bertz CT molecular complexity index is 4040. The Morgan fingerprint density at radius 1 is 0.317 bits per heavy atom. The van der Waals surface area contributed by atoms with Crippen molar-refractivity contribution in [3.8, 4) is 33.4 Å². The van der Waals surface area contributed by atoms with E-state index in [9.17, 15) is 11.0 Å². The maximum absolute atomic E-state index is 9.83. The van der Waals surface area contributed by atoms with Crippen molar-refractivity contribution in [1.82, 2.24) is 0 Å². The Kier molecular flexibility index (Phi) is 6.21. The normalized spacial score (nSPS) is 13.5. The zero-order valence-electron chi connectivity index (χ0n) is 40.1. The molecule has 280 valence electrons. The van der Waals surface area contributed by atoms with E-state index in [0.717, 1.165) is 53.9 Å². The molecule has 0 fully saturated rings. The van der Waals surface area contributed by atoms with Gasteiger partial charge in [-0.15, -0.1) is 0 Å². The van der Waals surface area contributed by atoms with Crippen LogP contribution in [0.3, 0.4) is 0 Å². The van der Waals surface area contributed by atoms with Crippen LogP contribution >= 0.6 is 0 Å². The fourth-order valence-electron chi connectivity index (χ4n) is 8.71. The average Bonchev–Trinajstić information content (AvgIpc) is 3.77. The topological polar surface area (TPSA) is 16.4 Å². The van der Waals surface area contributed by atoms with Gasteiger partial charge in [-0.25, -0.2) is 0 Å². The van der Waals surface area contributed by atoms with E-state index in [2.05, 4.69) is 6.07 Å². The van der Waals surface area contributed by atoms with Gasteiger partial charge in [-0.05, 0) is 102 Å². The Morgan fingerprint density at radius 3 is 1.62 bits per heavy atom. The van der Waals surface area contributed by atoms with Crippen LogP contribution in [0.1, 0.15) is 11.0 Å². The highest BCUT2D eigenvalue weighted by Gasteiger charge is 2.21. The Balaban J connectivity index is 1.13. The summed E-state index contributed by atoms with van der Waals surface area (Å²) in [5.41, 5.74) is 3.52. The van der Waals surface area contributed by atoms with E-state index in [1.54, 1.807) is 18.2 Å². The maximum atomic E-state index is 9.83. The summed E-state index contributed by atoms with van der Waals surface area (Å²) in [4.78, 5) is 1.39. The molecule has 1 heterocycles. The summed E-state index contributed by atoms with van der Waals surface area (Å²) in [5, 5.41) is 9.36. The first-order valence-electron chi connectivity index (χ1n) is 23.9. The van der Waals surface area contributed by atoms with Crippen LogP contribution < -0.4 is 4.90 Å². The van der Waals surface area contributed by atoms with Crippen LogP contribution in [0.5, 0.6) is 0 Å². The number of hydrogen-bond acceptors (Lipinski definition) is 2. The SMILES string of the molecule is [2H]c1c([2H])c(N(c2ccccc2-c2cccc3c2oc2c4ccccc4ccc32)c2c([2H])c([2H])c(-c3cccc4ccccc34)c([2H])c2[2H])c([2H])c([2H])c1-c1ccc2c(ccc3ccccc32)c1. The first-order chi connectivity index (χ1) is 33.1. The van der Waals surface area contributed by atoms with E-state index in [0.29, 0.717) is 39.1 Å². The highest BCUT2D eigenvalue weighted by atomic mass is 16.3. The van der Waals surface area contributed by atoms with E-state index < -0.39 is 24.2 Å². The van der Waals surface area contributed by atoms with E-state index in [4.69, 9.17) is 4.42 Å². The number of hydrogen-bond donors (Lipinski definition) is 0. The lowest BCUT2D eigenvalue weighted by atomic mass is 9.96. The molecule has 0 saturated heterocycles. The number of anilines is 3. The number of para-hydroxylation sites is 2. The molecule has 0 atom stereocenters. The molecule has 0 unspecified atom stereocenters. The van der Waals surface area contributed by atoms with Crippen LogP contribution in [0, 0.1) is 0 Å². The highest BCUT2D eigenvalue weighted by molar-refractivity contribution is 6.18. The van der Waals surface area contributed by atoms with E-state index >= 15 is 0 Å². The molecule has 0 spiro atoms. The van der Waals surface area contributed by atoms with E-state index in [-0.39, 0.29) is 46.7 Å². The minimum absolute atomic E-state index is 0.0946. The molecule has 0 saturated carbocycles. The van der Waals surface area contributed by atoms with Gasteiger partial charge in [0.2, 0.25) is 0 Å². The fourth-order valence-corrected chi connectivity index (χ4v) is 8.71. The molecule has 0 N–H and O–H groups in total. The number of rotatable bonds is 6. The molecule has 0 radical (unpaired) electrons. The second-order valence-electron chi connectivity index (χ2n) is 15.0. The predicted molar refractivity (Wildman–Crippen MR) is 255 cm³/mol. The summed E-state index contributed by atoms with van der Waals surface area (Å²) < 4.78 is 84.6. The van der Waals surface area contributed by atoms with Gasteiger partial charge in [-0.1, -0.05) is 182 Å². The third-order valence-corrected chi connectivity index (χ3v) is 11.6. The van der Waals surface area contributed by atoms with Crippen molar-refractivity contribution < 1.29 is 15.4 Å². The summed E-state index contributed by atoms with van der Waals surface area (Å²) in [5.74, 6) is 0. The lowest BCUT2D eigenvalue weighted by Crippen LogP contribution is -2.11. The number of benzene rings is 11. The Morgan fingerprint density at radius 2 is 0.817 bits per heavy atom. The van der Waals surface area contributed by atoms with Crippen LogP contribution in [0.15, 0.2) is 229 Å². The van der Waals surface area contributed by atoms with Gasteiger partial charge in [0.15, 0.2) is 0 Å². The smallest absolute Gasteiger partial charge is 0.143 e. The van der Waals surface area contributed by atoms with Gasteiger partial charge in [0, 0.05) is 38.7 Å². The van der Waals surface area contributed by atoms with Crippen molar-refractivity contribution in [2.45, 2.75) is 0 Å². The zero-order valence-corrected chi connectivity index (χ0v) is 32.1. The molecule has 1 aromatic heterocycles. The van der Waals surface area contributed by atoms with E-state index in [1.807, 2.05) is 152 Å². The van der Waals surface area contributed by atoms with Crippen molar-refractivity contribution in [3.63, 3.8) is 0 Å². The second kappa shape index (κ2) is 13.9. The van der Waals surface area contributed by atoms with Gasteiger partial charge in [0.25, 0.3) is 0 Å². The van der Waals surface area contributed by atoms with Gasteiger partial charge < -0.3 is 9.32 Å². The molecule has 0 aliphatic carbocycles. The lowest BCUT2D eigenvalue weighted by Gasteiger charge is -2.28. The lowest BCUT2D eigenvalue weighted by molar-refractivity contribution is 0.674. The average molecular weight is 772 g/mol. The quantitative estimate of drug-likeness (QED) is 0.157. The predicted octanol–water partition coefficient (Wildman–Crippen LogP) is 16.7. The molecule has 0 amide bonds. The highest BCUT2D eigenvalue weighted by Crippen LogP contribution is 2.46. The molecular formula is C58H37NO. The molecule has 0 aliphatic heterocycles. The minimum Gasteiger partial charge on any atom is -0.455 e. The fraction of sp³-hybridized carbons (Fsp3) is 0. The second-order valence-corrected chi connectivity index (χ2v) is 15.0. The van der Waals surface area contributed by atoms with Gasteiger partial charge in [-0.3, -0.25) is 0 Å². The molecule has 12 rings (SSSR count). The first kappa shape index (κ1) is 26.9. The zero-order chi connectivity index (χ0) is 46.5. The van der Waals surface area contributed by atoms with Crippen molar-refractivity contribution >= 4 is 82.1 Å². The van der Waals surface area contributed by atoms with Gasteiger partial charge in [0.1, 0.15) is 11.2 Å². The summed E-state index contributed by atoms with van der Waals surface area (Å²) >= 11 is 0. The van der Waals surface area contributed by atoms with Crippen LogP contribution in [0.2, 0.25) is 0 Å². The third-order valence-electron chi connectivity index (χ3n) is 11.6. The van der Waals surface area contributed by atoms with E-state index in [1.165, 1.54) is 4.90 Å². The molecule has 2 heteroatoms. The molecule has 12 aromatic rings. The van der Waals surface area contributed by atoms with Gasteiger partial charge in [-0.2, -0.15) is 0 Å². The van der Waals surface area contributed by atoms with Gasteiger partial charge in [0.05, 0.1) is 16.7 Å². The number of fused-ring (bicyclic) bond motifs is 9. The van der Waals surface area contributed by atoms with Crippen molar-refractivity contribution in [1.29, 1.82) is 0 Å². The van der Waals surface area contributed by atoms with Crippen LogP contribution in [-0.2, 0) is 0 Å². The monoisotopic (exact) mass is 771 g/mol. The summed E-state index contributed by atoms with van der Waals surface area (Å²) in [6.07, 6.45) is 0. The summed E-state index contributed by atoms with van der Waals surface area (Å²) in [6.45, 7) is 0. The first-order valence-corrected chi connectivity index (χ1v) is 19.9. The molecule has 0 aliphatic rings. The molecular weight excluding hydrogens is 727 g/mol. The minimum atomic E-state index is -0.419. The van der Waals surface area contributed by atoms with Crippen molar-refractivity contribution in [3.05, 3.63) is 224 Å². The summed E-state index contributed by atoms with van der Waals surface area (Å²) in [7, 11) is 0. The Labute approximate surface area is 359 Å². The molecule has 60 heavy (non-hydrogen) atoms. The van der Waals surface area contributed by atoms with Crippen LogP contribution in [0.4, 0.5) is 17.1 Å². The maximum Gasteiger partial charge on any atom is 0.143 e. The van der Waals surface area contributed by atoms with Crippen LogP contribution in [-0.4, -0.2) is 0 Å².